The van der Waals surface area contributed by atoms with Crippen LogP contribution in [0.1, 0.15) is 39.5 Å². The molecular formula is C13H30N2O3. The molecule has 0 aliphatic rings. The van der Waals surface area contributed by atoms with Gasteiger partial charge in [-0.25, -0.2) is 0 Å². The van der Waals surface area contributed by atoms with Crippen LogP contribution in [0, 0.1) is 0 Å². The molecule has 5 heteroatoms. The van der Waals surface area contributed by atoms with Crippen molar-refractivity contribution in [2.45, 2.75) is 45.6 Å². The minimum Gasteiger partial charge on any atom is -0.395 e. The van der Waals surface area contributed by atoms with E-state index in [0.29, 0.717) is 19.1 Å². The summed E-state index contributed by atoms with van der Waals surface area (Å²) in [6.07, 6.45) is 4.32. The first-order chi connectivity index (χ1) is 8.61. The lowest BCUT2D eigenvalue weighted by atomic mass is 10.1. The number of hydrogen-bond donors (Lipinski definition) is 3. The Balaban J connectivity index is 3.43. The summed E-state index contributed by atoms with van der Waals surface area (Å²) in [6, 6.07) is 0.481. The summed E-state index contributed by atoms with van der Waals surface area (Å²) in [4.78, 5) is 2.28. The van der Waals surface area contributed by atoms with Gasteiger partial charge in [-0.1, -0.05) is 12.8 Å². The first-order valence-electron chi connectivity index (χ1n) is 7.01. The predicted octanol–water partition coefficient (Wildman–Crippen LogP) is 0.933. The lowest BCUT2D eigenvalue weighted by molar-refractivity contribution is -0.0991. The zero-order valence-corrected chi connectivity index (χ0v) is 11.9. The number of aliphatic hydroxyl groups excluding tert-OH is 2. The van der Waals surface area contributed by atoms with Crippen molar-refractivity contribution in [3.63, 3.8) is 0 Å². The maximum Gasteiger partial charge on any atom is 0.0581 e. The Bertz CT molecular complexity index is 180. The summed E-state index contributed by atoms with van der Waals surface area (Å²) in [5.74, 6) is 0. The van der Waals surface area contributed by atoms with E-state index < -0.39 is 0 Å². The zero-order chi connectivity index (χ0) is 13.8. The molecule has 0 aliphatic heterocycles. The van der Waals surface area contributed by atoms with E-state index in [1.165, 1.54) is 5.06 Å². The third-order valence-electron chi connectivity index (χ3n) is 3.09. The minimum atomic E-state index is 0.00100. The van der Waals surface area contributed by atoms with Crippen molar-refractivity contribution in [2.24, 2.45) is 0 Å². The molecule has 3 N–H and O–H groups in total. The van der Waals surface area contributed by atoms with E-state index in [9.17, 15) is 5.21 Å². The number of rotatable bonds is 12. The Morgan fingerprint density at radius 3 is 1.83 bits per heavy atom. The Morgan fingerprint density at radius 2 is 1.33 bits per heavy atom. The maximum absolute atomic E-state index is 9.27. The molecule has 0 aromatic heterocycles. The molecule has 0 aromatic rings. The summed E-state index contributed by atoms with van der Waals surface area (Å²) in [7, 11) is 0. The van der Waals surface area contributed by atoms with Crippen LogP contribution in [0.3, 0.4) is 0 Å². The van der Waals surface area contributed by atoms with Gasteiger partial charge in [0.2, 0.25) is 0 Å². The van der Waals surface area contributed by atoms with Crippen LogP contribution in [0.2, 0.25) is 0 Å². The zero-order valence-electron chi connectivity index (χ0n) is 11.9. The Hall–Kier alpha value is -0.200. The number of aliphatic hydroxyl groups is 2. The molecule has 0 radical (unpaired) electrons. The Labute approximate surface area is 111 Å². The first kappa shape index (κ1) is 17.8. The number of nitrogens with zero attached hydrogens (tertiary/aromatic N) is 2. The molecule has 0 heterocycles. The summed E-state index contributed by atoms with van der Waals surface area (Å²) < 4.78 is 0. The predicted molar refractivity (Wildman–Crippen MR) is 72.7 cm³/mol. The van der Waals surface area contributed by atoms with Crippen LogP contribution in [0.5, 0.6) is 0 Å². The second kappa shape index (κ2) is 11.9. The second-order valence-electron chi connectivity index (χ2n) is 4.94. The van der Waals surface area contributed by atoms with Crippen molar-refractivity contribution < 1.29 is 15.4 Å². The number of hydrogen-bond acceptors (Lipinski definition) is 5. The average molecular weight is 262 g/mol. The van der Waals surface area contributed by atoms with Gasteiger partial charge in [0.05, 0.1) is 13.2 Å². The smallest absolute Gasteiger partial charge is 0.0581 e. The molecule has 110 valence electrons. The number of unbranched alkanes of at least 4 members (excludes halogenated alkanes) is 3. The Kier molecular flexibility index (Phi) is 11.7. The molecule has 0 aliphatic carbocycles. The quantitative estimate of drug-likeness (QED) is 0.361. The lowest BCUT2D eigenvalue weighted by Gasteiger charge is -2.25. The van der Waals surface area contributed by atoms with Gasteiger partial charge in [-0.2, -0.15) is 5.06 Å². The van der Waals surface area contributed by atoms with Crippen molar-refractivity contribution in [1.29, 1.82) is 0 Å². The normalized spacial score (nSPS) is 12.0. The van der Waals surface area contributed by atoms with E-state index in [-0.39, 0.29) is 13.2 Å². The van der Waals surface area contributed by atoms with Gasteiger partial charge in [-0.15, -0.1) is 0 Å². The van der Waals surface area contributed by atoms with Crippen molar-refractivity contribution >= 4 is 0 Å². The molecule has 0 saturated carbocycles. The van der Waals surface area contributed by atoms with E-state index in [0.717, 1.165) is 38.8 Å². The fourth-order valence-electron chi connectivity index (χ4n) is 1.95. The van der Waals surface area contributed by atoms with Crippen LogP contribution in [-0.2, 0) is 0 Å². The van der Waals surface area contributed by atoms with Gasteiger partial charge in [0, 0.05) is 25.7 Å². The van der Waals surface area contributed by atoms with Gasteiger partial charge in [0.25, 0.3) is 0 Å². The molecule has 0 spiro atoms. The molecule has 0 rings (SSSR count). The third-order valence-corrected chi connectivity index (χ3v) is 3.09. The molecule has 0 atom stereocenters. The molecule has 0 unspecified atom stereocenters. The maximum atomic E-state index is 9.27. The van der Waals surface area contributed by atoms with E-state index in [2.05, 4.69) is 18.7 Å². The van der Waals surface area contributed by atoms with Gasteiger partial charge < -0.3 is 15.4 Å². The van der Waals surface area contributed by atoms with Crippen LogP contribution in [0.4, 0.5) is 0 Å². The molecule has 5 nitrogen and oxygen atoms in total. The van der Waals surface area contributed by atoms with Crippen molar-refractivity contribution in [2.75, 3.05) is 39.4 Å². The standard InChI is InChI=1S/C13H30N2O3/c1-13(2)14(9-11-16)7-5-3-4-6-8-15(18)10-12-17/h13,16-18H,3-12H2,1-2H3. The molecule has 0 bridgehead atoms. The van der Waals surface area contributed by atoms with Crippen LogP contribution in [0.25, 0.3) is 0 Å². The van der Waals surface area contributed by atoms with Gasteiger partial charge >= 0.3 is 0 Å². The fraction of sp³-hybridized carbons (Fsp3) is 1.00. The van der Waals surface area contributed by atoms with Crippen LogP contribution in [-0.4, -0.2) is 70.8 Å². The van der Waals surface area contributed by atoms with E-state index >= 15 is 0 Å². The summed E-state index contributed by atoms with van der Waals surface area (Å²) in [5, 5.41) is 28.0. The SMILES string of the molecule is CC(C)N(CCO)CCCCCCN(O)CCO. The topological polar surface area (TPSA) is 67.2 Å². The highest BCUT2D eigenvalue weighted by atomic mass is 16.5. The van der Waals surface area contributed by atoms with Crippen LogP contribution >= 0.6 is 0 Å². The lowest BCUT2D eigenvalue weighted by Crippen LogP contribution is -2.34. The summed E-state index contributed by atoms with van der Waals surface area (Å²) >= 11 is 0. The minimum absolute atomic E-state index is 0.00100. The molecule has 0 fully saturated rings. The highest BCUT2D eigenvalue weighted by molar-refractivity contribution is 4.62. The summed E-state index contributed by atoms with van der Waals surface area (Å²) in [5.41, 5.74) is 0. The largest absolute Gasteiger partial charge is 0.395 e. The van der Waals surface area contributed by atoms with Crippen LogP contribution in [0.15, 0.2) is 0 Å². The molecule has 0 amide bonds. The second-order valence-corrected chi connectivity index (χ2v) is 4.94. The average Bonchev–Trinajstić information content (AvgIpc) is 2.32. The first-order valence-corrected chi connectivity index (χ1v) is 7.01. The van der Waals surface area contributed by atoms with Gasteiger partial charge in [0.1, 0.15) is 0 Å². The van der Waals surface area contributed by atoms with Gasteiger partial charge in [0.15, 0.2) is 0 Å². The molecular weight excluding hydrogens is 232 g/mol. The third kappa shape index (κ3) is 9.79. The van der Waals surface area contributed by atoms with E-state index in [1.54, 1.807) is 0 Å². The van der Waals surface area contributed by atoms with Crippen LogP contribution < -0.4 is 0 Å². The van der Waals surface area contributed by atoms with Crippen molar-refractivity contribution in [3.8, 4) is 0 Å². The van der Waals surface area contributed by atoms with E-state index in [4.69, 9.17) is 10.2 Å². The highest BCUT2D eigenvalue weighted by Crippen LogP contribution is 2.05. The number of hydroxylamine groups is 2. The Morgan fingerprint density at radius 1 is 0.778 bits per heavy atom. The van der Waals surface area contributed by atoms with E-state index in [1.807, 2.05) is 0 Å². The molecule has 0 aromatic carbocycles. The van der Waals surface area contributed by atoms with Crippen molar-refractivity contribution in [3.05, 3.63) is 0 Å². The van der Waals surface area contributed by atoms with Gasteiger partial charge in [-0.05, 0) is 33.2 Å². The van der Waals surface area contributed by atoms with Gasteiger partial charge in [-0.3, -0.25) is 4.90 Å². The molecule has 0 saturated heterocycles. The fourth-order valence-corrected chi connectivity index (χ4v) is 1.95. The summed E-state index contributed by atoms with van der Waals surface area (Å²) in [6.45, 7) is 7.25. The molecule has 18 heavy (non-hydrogen) atoms. The monoisotopic (exact) mass is 262 g/mol. The highest BCUT2D eigenvalue weighted by Gasteiger charge is 2.07. The van der Waals surface area contributed by atoms with Crippen molar-refractivity contribution in [1.82, 2.24) is 9.96 Å².